The number of benzene rings is 1. The summed E-state index contributed by atoms with van der Waals surface area (Å²) in [6, 6.07) is 4.87. The second-order valence-corrected chi connectivity index (χ2v) is 5.07. The van der Waals surface area contributed by atoms with Crippen molar-refractivity contribution in [3.8, 4) is 0 Å². The Labute approximate surface area is 121 Å². The first-order valence-electron chi connectivity index (χ1n) is 6.84. The van der Waals surface area contributed by atoms with E-state index in [0.29, 0.717) is 37.4 Å². The van der Waals surface area contributed by atoms with Crippen molar-refractivity contribution in [2.24, 2.45) is 5.73 Å². The number of nitrogens with one attached hydrogen (secondary N) is 1. The topological polar surface area (TPSA) is 95.7 Å². The Bertz CT molecular complexity index is 629. The highest BCUT2D eigenvalue weighted by Crippen LogP contribution is 2.32. The smallest absolute Gasteiger partial charge is 0.328 e. The van der Waals surface area contributed by atoms with Gasteiger partial charge in [0.05, 0.1) is 5.69 Å². The van der Waals surface area contributed by atoms with E-state index in [2.05, 4.69) is 5.32 Å². The van der Waals surface area contributed by atoms with Crippen LogP contribution in [0.3, 0.4) is 0 Å². The van der Waals surface area contributed by atoms with Crippen molar-refractivity contribution < 1.29 is 14.4 Å². The number of imide groups is 1. The van der Waals surface area contributed by atoms with Crippen molar-refractivity contribution in [1.82, 2.24) is 10.2 Å². The molecule has 1 aromatic carbocycles. The third-order valence-electron chi connectivity index (χ3n) is 3.76. The van der Waals surface area contributed by atoms with Gasteiger partial charge in [0, 0.05) is 43.7 Å². The molecule has 0 aliphatic carbocycles. The maximum Gasteiger partial charge on any atom is 0.328 e. The average molecular weight is 288 g/mol. The normalized spacial score (nSPS) is 18.0. The lowest BCUT2D eigenvalue weighted by atomic mass is 10.1. The lowest BCUT2D eigenvalue weighted by Gasteiger charge is -2.28. The number of nitrogens with zero attached hydrogens (tertiary/aromatic N) is 2. The molecule has 2 aliphatic heterocycles. The predicted molar refractivity (Wildman–Crippen MR) is 75.7 cm³/mol. The fourth-order valence-corrected chi connectivity index (χ4v) is 2.76. The van der Waals surface area contributed by atoms with Gasteiger partial charge in [-0.1, -0.05) is 6.07 Å². The summed E-state index contributed by atoms with van der Waals surface area (Å²) in [4.78, 5) is 38.6. The summed E-state index contributed by atoms with van der Waals surface area (Å²) in [7, 11) is 0. The Morgan fingerprint density at radius 1 is 1.24 bits per heavy atom. The molecule has 0 bridgehead atoms. The van der Waals surface area contributed by atoms with Crippen LogP contribution in [0.25, 0.3) is 0 Å². The first-order chi connectivity index (χ1) is 10.1. The third-order valence-corrected chi connectivity index (χ3v) is 3.76. The van der Waals surface area contributed by atoms with Crippen LogP contribution in [0.5, 0.6) is 0 Å². The highest BCUT2D eigenvalue weighted by molar-refractivity contribution is 6.07. The summed E-state index contributed by atoms with van der Waals surface area (Å²) >= 11 is 0. The number of nitrogens with two attached hydrogens (primary N) is 1. The Balaban J connectivity index is 1.95. The molecule has 0 spiro atoms. The molecule has 2 aliphatic rings. The number of fused-ring (bicyclic) bond motifs is 1. The molecule has 1 fully saturated rings. The monoisotopic (exact) mass is 288 g/mol. The number of carbonyl (C=O) groups is 3. The Morgan fingerprint density at radius 2 is 2.05 bits per heavy atom. The number of rotatable bonds is 3. The van der Waals surface area contributed by atoms with E-state index in [1.54, 1.807) is 23.1 Å². The quantitative estimate of drug-likeness (QED) is 0.821. The molecular formula is C14H16N4O3. The van der Waals surface area contributed by atoms with Gasteiger partial charge in [0.15, 0.2) is 0 Å². The molecule has 4 amide bonds. The van der Waals surface area contributed by atoms with E-state index in [0.717, 1.165) is 5.56 Å². The summed E-state index contributed by atoms with van der Waals surface area (Å²) in [5.74, 6) is -0.338. The number of urea groups is 1. The number of amides is 4. The first-order valence-corrected chi connectivity index (χ1v) is 6.84. The number of anilines is 1. The number of carbonyl (C=O) groups excluding carboxylic acids is 3. The van der Waals surface area contributed by atoms with Gasteiger partial charge in [-0.2, -0.15) is 0 Å². The molecule has 110 valence electrons. The van der Waals surface area contributed by atoms with Crippen molar-refractivity contribution in [2.75, 3.05) is 24.5 Å². The highest BCUT2D eigenvalue weighted by Gasteiger charge is 2.33. The summed E-state index contributed by atoms with van der Waals surface area (Å²) in [5.41, 5.74) is 7.63. The van der Waals surface area contributed by atoms with Gasteiger partial charge < -0.3 is 10.6 Å². The summed E-state index contributed by atoms with van der Waals surface area (Å²) < 4.78 is 0. The number of hydrogen-bond donors (Lipinski definition) is 2. The van der Waals surface area contributed by atoms with Gasteiger partial charge in [-0.25, -0.2) is 4.79 Å². The van der Waals surface area contributed by atoms with E-state index >= 15 is 0 Å². The lowest BCUT2D eigenvalue weighted by Crippen LogP contribution is -2.49. The molecule has 2 heterocycles. The largest absolute Gasteiger partial charge is 0.333 e. The lowest BCUT2D eigenvalue weighted by molar-refractivity contribution is -0.120. The van der Waals surface area contributed by atoms with Crippen molar-refractivity contribution >= 4 is 23.5 Å². The fraction of sp³-hybridized carbons (Fsp3) is 0.357. The standard InChI is InChI=1S/C14H16N4O3/c15-5-7-17-8-10-9(13(17)20)2-1-3-11(10)18-6-4-12(19)16-14(18)21/h1-3H,4-8,15H2,(H,16,19,21). The molecule has 3 N–H and O–H groups in total. The molecule has 0 unspecified atom stereocenters. The van der Waals surface area contributed by atoms with Crippen molar-refractivity contribution in [3.63, 3.8) is 0 Å². The Morgan fingerprint density at radius 3 is 2.76 bits per heavy atom. The minimum atomic E-state index is -0.440. The minimum absolute atomic E-state index is 0.0641. The molecule has 1 aromatic rings. The van der Waals surface area contributed by atoms with Crippen LogP contribution in [0.1, 0.15) is 22.3 Å². The van der Waals surface area contributed by atoms with Crippen LogP contribution in [0.4, 0.5) is 10.5 Å². The van der Waals surface area contributed by atoms with Gasteiger partial charge in [0.25, 0.3) is 5.91 Å². The van der Waals surface area contributed by atoms with E-state index in [1.165, 1.54) is 4.90 Å². The third kappa shape index (κ3) is 2.25. The maximum atomic E-state index is 12.3. The van der Waals surface area contributed by atoms with Gasteiger partial charge in [0.2, 0.25) is 5.91 Å². The van der Waals surface area contributed by atoms with Crippen LogP contribution in [0, 0.1) is 0 Å². The van der Waals surface area contributed by atoms with E-state index in [9.17, 15) is 14.4 Å². The molecular weight excluding hydrogens is 272 g/mol. The van der Waals surface area contributed by atoms with Crippen molar-refractivity contribution in [1.29, 1.82) is 0 Å². The molecule has 1 saturated heterocycles. The van der Waals surface area contributed by atoms with Crippen LogP contribution in [0.2, 0.25) is 0 Å². The summed E-state index contributed by atoms with van der Waals surface area (Å²) in [6.07, 6.45) is 0.260. The molecule has 0 saturated carbocycles. The zero-order chi connectivity index (χ0) is 15.0. The minimum Gasteiger partial charge on any atom is -0.333 e. The average Bonchev–Trinajstić information content (AvgIpc) is 2.77. The van der Waals surface area contributed by atoms with E-state index in [4.69, 9.17) is 5.73 Å². The van der Waals surface area contributed by atoms with Crippen LogP contribution in [-0.2, 0) is 11.3 Å². The molecule has 3 rings (SSSR count). The van der Waals surface area contributed by atoms with Gasteiger partial charge in [-0.3, -0.25) is 19.8 Å². The van der Waals surface area contributed by atoms with Gasteiger partial charge in [-0.15, -0.1) is 0 Å². The van der Waals surface area contributed by atoms with Crippen LogP contribution in [-0.4, -0.2) is 42.4 Å². The number of hydrogen-bond acceptors (Lipinski definition) is 4. The second-order valence-electron chi connectivity index (χ2n) is 5.07. The second kappa shape index (κ2) is 5.17. The predicted octanol–water partition coefficient (Wildman–Crippen LogP) is 0.0474. The van der Waals surface area contributed by atoms with E-state index < -0.39 is 6.03 Å². The van der Waals surface area contributed by atoms with Crippen LogP contribution in [0.15, 0.2) is 18.2 Å². The van der Waals surface area contributed by atoms with Crippen molar-refractivity contribution in [2.45, 2.75) is 13.0 Å². The van der Waals surface area contributed by atoms with Gasteiger partial charge >= 0.3 is 6.03 Å². The summed E-state index contributed by atoms with van der Waals surface area (Å²) in [6.45, 7) is 1.65. The molecule has 0 atom stereocenters. The van der Waals surface area contributed by atoms with Crippen LogP contribution < -0.4 is 16.0 Å². The molecule has 0 aromatic heterocycles. The van der Waals surface area contributed by atoms with Gasteiger partial charge in [0.1, 0.15) is 0 Å². The fourth-order valence-electron chi connectivity index (χ4n) is 2.76. The van der Waals surface area contributed by atoms with Crippen molar-refractivity contribution in [3.05, 3.63) is 29.3 Å². The Hall–Kier alpha value is -2.41. The SMILES string of the molecule is NCCN1Cc2c(cccc2N2CCC(=O)NC2=O)C1=O. The van der Waals surface area contributed by atoms with E-state index in [-0.39, 0.29) is 18.2 Å². The Kier molecular flexibility index (Phi) is 3.34. The van der Waals surface area contributed by atoms with Gasteiger partial charge in [-0.05, 0) is 12.1 Å². The zero-order valence-electron chi connectivity index (χ0n) is 11.5. The van der Waals surface area contributed by atoms with E-state index in [1.807, 2.05) is 0 Å². The van der Waals surface area contributed by atoms with Crippen LogP contribution >= 0.6 is 0 Å². The molecule has 21 heavy (non-hydrogen) atoms. The molecule has 7 nitrogen and oxygen atoms in total. The molecule has 0 radical (unpaired) electrons. The zero-order valence-corrected chi connectivity index (χ0v) is 11.5. The first kappa shape index (κ1) is 13.6. The highest BCUT2D eigenvalue weighted by atomic mass is 16.2. The maximum absolute atomic E-state index is 12.3. The molecule has 7 heteroatoms. The summed E-state index contributed by atoms with van der Waals surface area (Å²) in [5, 5.41) is 2.30.